The minimum absolute atomic E-state index is 0.0816. The maximum absolute atomic E-state index is 12.2. The maximum Gasteiger partial charge on any atom is 0.303 e. The van der Waals surface area contributed by atoms with Crippen LogP contribution in [-0.2, 0) is 9.59 Å². The van der Waals surface area contributed by atoms with Crippen molar-refractivity contribution in [2.75, 3.05) is 0 Å². The van der Waals surface area contributed by atoms with Gasteiger partial charge in [-0.05, 0) is 39.0 Å². The molecule has 5 atom stereocenters. The summed E-state index contributed by atoms with van der Waals surface area (Å²) < 4.78 is 0. The van der Waals surface area contributed by atoms with Crippen molar-refractivity contribution in [1.82, 2.24) is 0 Å². The van der Waals surface area contributed by atoms with E-state index in [2.05, 4.69) is 6.08 Å². The highest BCUT2D eigenvalue weighted by molar-refractivity contribution is 5.84. The first-order valence-corrected chi connectivity index (χ1v) is 10.1. The summed E-state index contributed by atoms with van der Waals surface area (Å²) in [6.07, 6.45) is 9.52. The number of aliphatic hydroxyl groups is 2. The van der Waals surface area contributed by atoms with Gasteiger partial charge in [0.25, 0.3) is 0 Å². The molecule has 1 fully saturated rings. The van der Waals surface area contributed by atoms with E-state index >= 15 is 0 Å². The van der Waals surface area contributed by atoms with Crippen LogP contribution in [0, 0.1) is 17.8 Å². The molecule has 0 heterocycles. The second-order valence-corrected chi connectivity index (χ2v) is 8.14. The number of hydrogen-bond donors (Lipinski definition) is 3. The van der Waals surface area contributed by atoms with Crippen molar-refractivity contribution >= 4 is 11.8 Å². The van der Waals surface area contributed by atoms with Gasteiger partial charge in [0.2, 0.25) is 0 Å². The van der Waals surface area contributed by atoms with E-state index in [-0.39, 0.29) is 36.4 Å². The van der Waals surface area contributed by atoms with E-state index in [0.717, 1.165) is 25.7 Å². The Hall–Kier alpha value is -1.46. The lowest BCUT2D eigenvalue weighted by Crippen LogP contribution is -2.20. The first kappa shape index (κ1) is 23.6. The van der Waals surface area contributed by atoms with Crippen LogP contribution in [0.25, 0.3) is 0 Å². The molecule has 0 radical (unpaired) electrons. The van der Waals surface area contributed by atoms with Crippen LogP contribution in [0.1, 0.15) is 72.1 Å². The quantitative estimate of drug-likeness (QED) is 0.353. The number of carbonyl (C=O) groups excluding carboxylic acids is 1. The molecule has 0 amide bonds. The summed E-state index contributed by atoms with van der Waals surface area (Å²) >= 11 is 0. The van der Waals surface area contributed by atoms with Crippen molar-refractivity contribution in [3.63, 3.8) is 0 Å². The van der Waals surface area contributed by atoms with Gasteiger partial charge in [-0.3, -0.25) is 9.59 Å². The first-order chi connectivity index (χ1) is 12.7. The highest BCUT2D eigenvalue weighted by Crippen LogP contribution is 2.34. The summed E-state index contributed by atoms with van der Waals surface area (Å²) in [7, 11) is 0. The van der Waals surface area contributed by atoms with E-state index in [0.29, 0.717) is 12.8 Å². The topological polar surface area (TPSA) is 94.8 Å². The van der Waals surface area contributed by atoms with E-state index < -0.39 is 18.2 Å². The Bertz CT molecular complexity index is 533. The number of unbranched alkanes of at least 4 members (excludes halogenated alkanes) is 3. The van der Waals surface area contributed by atoms with E-state index in [1.54, 1.807) is 6.08 Å². The number of allylic oxidation sites excluding steroid dienone is 2. The number of carboxylic acids is 1. The molecule has 0 aromatic rings. The minimum Gasteiger partial charge on any atom is -0.481 e. The number of ketones is 1. The van der Waals surface area contributed by atoms with Crippen LogP contribution in [0.15, 0.2) is 23.8 Å². The Morgan fingerprint density at radius 2 is 1.89 bits per heavy atom. The molecule has 5 heteroatoms. The normalized spacial score (nSPS) is 24.9. The number of aliphatic carboxylic acids is 1. The molecule has 0 spiro atoms. The molecule has 154 valence electrons. The zero-order valence-corrected chi connectivity index (χ0v) is 16.9. The fourth-order valence-electron chi connectivity index (χ4n) is 3.58. The number of carboxylic acid groups (broad SMARTS) is 1. The highest BCUT2D eigenvalue weighted by atomic mass is 16.4. The second-order valence-electron chi connectivity index (χ2n) is 8.14. The average Bonchev–Trinajstić information content (AvgIpc) is 2.86. The van der Waals surface area contributed by atoms with Gasteiger partial charge >= 0.3 is 5.97 Å². The van der Waals surface area contributed by atoms with Crippen LogP contribution in [-0.4, -0.2) is 39.3 Å². The Kier molecular flexibility index (Phi) is 10.6. The van der Waals surface area contributed by atoms with Crippen LogP contribution in [0.2, 0.25) is 0 Å². The van der Waals surface area contributed by atoms with Crippen LogP contribution in [0.5, 0.6) is 0 Å². The largest absolute Gasteiger partial charge is 0.481 e. The lowest BCUT2D eigenvalue weighted by molar-refractivity contribution is -0.137. The van der Waals surface area contributed by atoms with Gasteiger partial charge in [0.05, 0.1) is 12.2 Å². The Morgan fingerprint density at radius 1 is 1.22 bits per heavy atom. The van der Waals surface area contributed by atoms with Crippen LogP contribution in [0.4, 0.5) is 0 Å². The average molecular weight is 381 g/mol. The van der Waals surface area contributed by atoms with Crippen LogP contribution < -0.4 is 0 Å². The van der Waals surface area contributed by atoms with Crippen molar-refractivity contribution in [3.8, 4) is 0 Å². The lowest BCUT2D eigenvalue weighted by atomic mass is 9.88. The van der Waals surface area contributed by atoms with Crippen molar-refractivity contribution in [3.05, 3.63) is 23.8 Å². The third-order valence-electron chi connectivity index (χ3n) is 5.40. The van der Waals surface area contributed by atoms with Crippen LogP contribution in [0.3, 0.4) is 0 Å². The summed E-state index contributed by atoms with van der Waals surface area (Å²) in [4.78, 5) is 22.7. The summed E-state index contributed by atoms with van der Waals surface area (Å²) in [5.74, 6) is -1.03. The third-order valence-corrected chi connectivity index (χ3v) is 5.40. The molecular weight excluding hydrogens is 344 g/mol. The van der Waals surface area contributed by atoms with Crippen molar-refractivity contribution < 1.29 is 24.9 Å². The molecule has 3 N–H and O–H groups in total. The van der Waals surface area contributed by atoms with E-state index in [4.69, 9.17) is 5.11 Å². The van der Waals surface area contributed by atoms with Gasteiger partial charge in [-0.25, -0.2) is 0 Å². The smallest absolute Gasteiger partial charge is 0.303 e. The molecule has 1 aliphatic rings. The maximum atomic E-state index is 12.2. The van der Waals surface area contributed by atoms with Crippen molar-refractivity contribution in [2.24, 2.45) is 17.8 Å². The molecule has 5 nitrogen and oxygen atoms in total. The van der Waals surface area contributed by atoms with Crippen molar-refractivity contribution in [2.45, 2.75) is 84.3 Å². The third kappa shape index (κ3) is 8.85. The molecule has 2 unspecified atom stereocenters. The summed E-state index contributed by atoms with van der Waals surface area (Å²) in [6.45, 7) is 6.04. The van der Waals surface area contributed by atoms with Crippen LogP contribution >= 0.6 is 0 Å². The van der Waals surface area contributed by atoms with Gasteiger partial charge in [-0.1, -0.05) is 50.0 Å². The standard InChI is InChI=1S/C22H36O5/c1-15(2)10-11-16(3)19(23)13-12-18-17(20(24)14-21(18)25)8-6-4-5-7-9-22(26)27/h10,12-13,16-19,21,23,25H,4-9,11,14H2,1-3H3,(H,26,27)/t16?,17-,18-,19?,21-/m1/s1. The predicted octanol–water partition coefficient (Wildman–Crippen LogP) is 3.89. The monoisotopic (exact) mass is 380 g/mol. The highest BCUT2D eigenvalue weighted by Gasteiger charge is 2.39. The van der Waals surface area contributed by atoms with Gasteiger partial charge in [-0.15, -0.1) is 0 Å². The SMILES string of the molecule is CC(C)=CCC(C)C(O)C=C[C@H]1[C@H](O)CC(=O)[C@@H]1CCCCCCC(=O)O. The number of Topliss-reactive ketones (excluding diaryl/α,β-unsaturated/α-hetero) is 1. The zero-order chi connectivity index (χ0) is 20.4. The Morgan fingerprint density at radius 3 is 2.52 bits per heavy atom. The van der Waals surface area contributed by atoms with Gasteiger partial charge in [0.1, 0.15) is 5.78 Å². The molecule has 0 aliphatic heterocycles. The molecule has 0 saturated heterocycles. The molecule has 0 bridgehead atoms. The van der Waals surface area contributed by atoms with Gasteiger partial charge in [0, 0.05) is 24.7 Å². The van der Waals surface area contributed by atoms with Gasteiger partial charge in [-0.2, -0.15) is 0 Å². The molecular formula is C22H36O5. The summed E-state index contributed by atoms with van der Waals surface area (Å²) in [5.41, 5.74) is 1.22. The Balaban J connectivity index is 2.51. The molecule has 1 rings (SSSR count). The Labute approximate surface area is 163 Å². The van der Waals surface area contributed by atoms with E-state index in [9.17, 15) is 19.8 Å². The van der Waals surface area contributed by atoms with Gasteiger partial charge in [0.15, 0.2) is 0 Å². The second kappa shape index (κ2) is 12.1. The summed E-state index contributed by atoms with van der Waals surface area (Å²) in [6, 6.07) is 0. The fraction of sp³-hybridized carbons (Fsp3) is 0.727. The number of carbonyl (C=O) groups is 2. The van der Waals surface area contributed by atoms with E-state index in [1.807, 2.05) is 26.8 Å². The van der Waals surface area contributed by atoms with Crippen molar-refractivity contribution in [1.29, 1.82) is 0 Å². The number of hydrogen-bond acceptors (Lipinski definition) is 4. The number of rotatable bonds is 12. The molecule has 1 saturated carbocycles. The van der Waals surface area contributed by atoms with Gasteiger partial charge < -0.3 is 15.3 Å². The molecule has 27 heavy (non-hydrogen) atoms. The van der Waals surface area contributed by atoms with E-state index in [1.165, 1.54) is 5.57 Å². The molecule has 0 aromatic heterocycles. The fourth-order valence-corrected chi connectivity index (χ4v) is 3.58. The first-order valence-electron chi connectivity index (χ1n) is 10.1. The zero-order valence-electron chi connectivity index (χ0n) is 16.9. The predicted molar refractivity (Wildman–Crippen MR) is 106 cm³/mol. The summed E-state index contributed by atoms with van der Waals surface area (Å²) in [5, 5.41) is 29.2. The minimum atomic E-state index is -0.772. The molecule has 0 aromatic carbocycles. The molecule has 1 aliphatic carbocycles. The lowest BCUT2D eigenvalue weighted by Gasteiger charge is -2.19. The number of aliphatic hydroxyl groups excluding tert-OH is 2.